The molecule has 0 heterocycles. The van der Waals surface area contributed by atoms with Gasteiger partial charge in [-0.1, -0.05) is 0 Å². The molecule has 0 aliphatic heterocycles. The lowest BCUT2D eigenvalue weighted by Crippen LogP contribution is -2.10. The number of ether oxygens (including phenoxy) is 2. The van der Waals surface area contributed by atoms with Crippen LogP contribution < -0.4 is 15.2 Å². The molecular weight excluding hydrogens is 270 g/mol. The molecule has 108 valence electrons. The van der Waals surface area contributed by atoms with Gasteiger partial charge in [0, 0.05) is 16.7 Å². The topological polar surface area (TPSA) is 78.6 Å². The maximum absolute atomic E-state index is 11.0. The number of rotatable bonds is 6. The van der Waals surface area contributed by atoms with Crippen LogP contribution in [0.3, 0.4) is 0 Å². The zero-order valence-corrected chi connectivity index (χ0v) is 11.5. The molecule has 1 amide bonds. The number of aldehydes is 1. The molecule has 0 bridgehead atoms. The van der Waals surface area contributed by atoms with Crippen LogP contribution >= 0.6 is 0 Å². The molecule has 5 nitrogen and oxygen atoms in total. The normalized spacial score (nSPS) is 9.95. The van der Waals surface area contributed by atoms with Gasteiger partial charge in [0.15, 0.2) is 0 Å². The van der Waals surface area contributed by atoms with E-state index in [1.807, 2.05) is 0 Å². The van der Waals surface area contributed by atoms with Crippen molar-refractivity contribution in [3.8, 4) is 11.5 Å². The molecule has 0 atom stereocenters. The maximum atomic E-state index is 11.0. The predicted molar refractivity (Wildman–Crippen MR) is 77.7 cm³/mol. The van der Waals surface area contributed by atoms with Crippen LogP contribution in [0, 0.1) is 0 Å². The number of nitrogens with two attached hydrogens (primary N) is 1. The van der Waals surface area contributed by atoms with Crippen LogP contribution in [0.25, 0.3) is 0 Å². The minimum atomic E-state index is -0.484. The quantitative estimate of drug-likeness (QED) is 0.825. The highest BCUT2D eigenvalue weighted by molar-refractivity contribution is 5.92. The summed E-state index contributed by atoms with van der Waals surface area (Å²) < 4.78 is 10.8. The van der Waals surface area contributed by atoms with Gasteiger partial charge in [-0.2, -0.15) is 0 Å². The van der Waals surface area contributed by atoms with E-state index in [4.69, 9.17) is 15.2 Å². The Morgan fingerprint density at radius 1 is 1.19 bits per heavy atom. The molecule has 0 aliphatic carbocycles. The molecule has 2 aromatic carbocycles. The van der Waals surface area contributed by atoms with Gasteiger partial charge in [0.05, 0.1) is 7.11 Å². The zero-order valence-electron chi connectivity index (χ0n) is 11.5. The van der Waals surface area contributed by atoms with Crippen molar-refractivity contribution in [2.45, 2.75) is 6.61 Å². The number of carbonyl (C=O) groups excluding carboxylic acids is 2. The first-order chi connectivity index (χ1) is 10.1. The summed E-state index contributed by atoms with van der Waals surface area (Å²) in [5.74, 6) is 0.759. The van der Waals surface area contributed by atoms with E-state index in [-0.39, 0.29) is 6.61 Å². The summed E-state index contributed by atoms with van der Waals surface area (Å²) in [6.45, 7) is 0.251. The highest BCUT2D eigenvalue weighted by atomic mass is 16.5. The summed E-state index contributed by atoms with van der Waals surface area (Å²) in [7, 11) is 1.56. The number of hydrogen-bond donors (Lipinski definition) is 1. The average Bonchev–Trinajstić information content (AvgIpc) is 2.52. The SMILES string of the molecule is COc1ccc(C=O)cc1COc1ccc(C(N)=O)cc1. The third kappa shape index (κ3) is 3.60. The first-order valence-corrected chi connectivity index (χ1v) is 6.29. The molecule has 0 fully saturated rings. The molecule has 0 unspecified atom stereocenters. The average molecular weight is 285 g/mol. The first-order valence-electron chi connectivity index (χ1n) is 6.29. The van der Waals surface area contributed by atoms with Gasteiger partial charge in [-0.05, 0) is 42.5 Å². The van der Waals surface area contributed by atoms with E-state index in [1.54, 1.807) is 49.6 Å². The fraction of sp³-hybridized carbons (Fsp3) is 0.125. The molecule has 2 N–H and O–H groups in total. The summed E-state index contributed by atoms with van der Waals surface area (Å²) in [6, 6.07) is 11.6. The van der Waals surface area contributed by atoms with E-state index in [0.717, 1.165) is 11.8 Å². The molecule has 0 aromatic heterocycles. The maximum Gasteiger partial charge on any atom is 0.248 e. The van der Waals surface area contributed by atoms with Crippen LogP contribution in [0.4, 0.5) is 0 Å². The summed E-state index contributed by atoms with van der Waals surface area (Å²) in [5, 5.41) is 0. The number of benzene rings is 2. The lowest BCUT2D eigenvalue weighted by molar-refractivity contribution is 0.0999. The number of amides is 1. The van der Waals surface area contributed by atoms with E-state index in [2.05, 4.69) is 0 Å². The smallest absolute Gasteiger partial charge is 0.248 e. The highest BCUT2D eigenvalue weighted by Gasteiger charge is 2.06. The fourth-order valence-corrected chi connectivity index (χ4v) is 1.86. The van der Waals surface area contributed by atoms with E-state index in [0.29, 0.717) is 22.6 Å². The Kier molecular flexibility index (Phi) is 4.56. The van der Waals surface area contributed by atoms with Crippen LogP contribution in [0.5, 0.6) is 11.5 Å². The Labute approximate surface area is 122 Å². The first kappa shape index (κ1) is 14.6. The van der Waals surface area contributed by atoms with Gasteiger partial charge in [0.25, 0.3) is 0 Å². The minimum Gasteiger partial charge on any atom is -0.496 e. The van der Waals surface area contributed by atoms with Crippen molar-refractivity contribution < 1.29 is 19.1 Å². The highest BCUT2D eigenvalue weighted by Crippen LogP contribution is 2.22. The summed E-state index contributed by atoms with van der Waals surface area (Å²) in [6.07, 6.45) is 0.768. The molecule has 2 aromatic rings. The summed E-state index contributed by atoms with van der Waals surface area (Å²) in [4.78, 5) is 21.8. The Bertz CT molecular complexity index is 650. The van der Waals surface area contributed by atoms with Crippen molar-refractivity contribution in [3.05, 3.63) is 59.2 Å². The summed E-state index contributed by atoms with van der Waals surface area (Å²) >= 11 is 0. The Morgan fingerprint density at radius 3 is 2.48 bits per heavy atom. The van der Waals surface area contributed by atoms with Gasteiger partial charge in [0.2, 0.25) is 5.91 Å². The van der Waals surface area contributed by atoms with Gasteiger partial charge in [-0.3, -0.25) is 9.59 Å². The monoisotopic (exact) mass is 285 g/mol. The van der Waals surface area contributed by atoms with E-state index < -0.39 is 5.91 Å². The van der Waals surface area contributed by atoms with Crippen molar-refractivity contribution in [2.75, 3.05) is 7.11 Å². The lowest BCUT2D eigenvalue weighted by atomic mass is 10.1. The van der Waals surface area contributed by atoms with E-state index >= 15 is 0 Å². The minimum absolute atomic E-state index is 0.251. The zero-order chi connectivity index (χ0) is 15.2. The predicted octanol–water partition coefficient (Wildman–Crippen LogP) is 2.19. The fourth-order valence-electron chi connectivity index (χ4n) is 1.86. The van der Waals surface area contributed by atoms with Crippen LogP contribution in [0.2, 0.25) is 0 Å². The van der Waals surface area contributed by atoms with Crippen molar-refractivity contribution in [1.29, 1.82) is 0 Å². The van der Waals surface area contributed by atoms with Crippen molar-refractivity contribution in [3.63, 3.8) is 0 Å². The molecule has 0 saturated heterocycles. The third-order valence-corrected chi connectivity index (χ3v) is 2.97. The molecule has 0 spiro atoms. The van der Waals surface area contributed by atoms with Gasteiger partial charge in [-0.25, -0.2) is 0 Å². The van der Waals surface area contributed by atoms with Crippen LogP contribution in [-0.2, 0) is 6.61 Å². The molecule has 21 heavy (non-hydrogen) atoms. The van der Waals surface area contributed by atoms with Gasteiger partial charge in [-0.15, -0.1) is 0 Å². The number of hydrogen-bond acceptors (Lipinski definition) is 4. The van der Waals surface area contributed by atoms with Gasteiger partial charge in [0.1, 0.15) is 24.4 Å². The van der Waals surface area contributed by atoms with Gasteiger partial charge >= 0.3 is 0 Å². The standard InChI is InChI=1S/C16H15NO4/c1-20-15-7-2-11(9-18)8-13(15)10-21-14-5-3-12(4-6-14)16(17)19/h2-9H,10H2,1H3,(H2,17,19). The molecule has 2 rings (SSSR count). The second kappa shape index (κ2) is 6.56. The third-order valence-electron chi connectivity index (χ3n) is 2.97. The van der Waals surface area contributed by atoms with E-state index in [1.165, 1.54) is 0 Å². The molecule has 0 aliphatic rings. The van der Waals surface area contributed by atoms with Gasteiger partial charge < -0.3 is 15.2 Å². The van der Waals surface area contributed by atoms with Crippen LogP contribution in [0.15, 0.2) is 42.5 Å². The van der Waals surface area contributed by atoms with Crippen LogP contribution in [0.1, 0.15) is 26.3 Å². The molecular formula is C16H15NO4. The Balaban J connectivity index is 2.11. The number of methoxy groups -OCH3 is 1. The van der Waals surface area contributed by atoms with Crippen LogP contribution in [-0.4, -0.2) is 19.3 Å². The molecule has 5 heteroatoms. The van der Waals surface area contributed by atoms with Crippen molar-refractivity contribution in [1.82, 2.24) is 0 Å². The number of primary amides is 1. The largest absolute Gasteiger partial charge is 0.496 e. The van der Waals surface area contributed by atoms with Crippen molar-refractivity contribution in [2.24, 2.45) is 5.73 Å². The van der Waals surface area contributed by atoms with Crippen molar-refractivity contribution >= 4 is 12.2 Å². The molecule has 0 radical (unpaired) electrons. The Morgan fingerprint density at radius 2 is 1.90 bits per heavy atom. The van der Waals surface area contributed by atoms with E-state index in [9.17, 15) is 9.59 Å². The second-order valence-electron chi connectivity index (χ2n) is 4.37. The summed E-state index contributed by atoms with van der Waals surface area (Å²) in [5.41, 5.74) is 6.91. The Hall–Kier alpha value is -2.82. The molecule has 0 saturated carbocycles. The lowest BCUT2D eigenvalue weighted by Gasteiger charge is -2.11. The number of carbonyl (C=O) groups is 2. The second-order valence-corrected chi connectivity index (χ2v) is 4.37.